The molecule has 0 aliphatic carbocycles. The fourth-order valence-electron chi connectivity index (χ4n) is 4.41. The number of rotatable bonds is 9. The Morgan fingerprint density at radius 3 is 1.97 bits per heavy atom. The van der Waals surface area contributed by atoms with Gasteiger partial charge in [0.05, 0.1) is 19.4 Å². The van der Waals surface area contributed by atoms with Gasteiger partial charge in [-0.15, -0.1) is 0 Å². The minimum absolute atomic E-state index is 0.0996. The summed E-state index contributed by atoms with van der Waals surface area (Å²) >= 11 is 0. The first kappa shape index (κ1) is 24.6. The fraction of sp³-hybridized carbons (Fsp3) is 0.133. The van der Waals surface area contributed by atoms with Gasteiger partial charge < -0.3 is 13.9 Å². The molecule has 0 unspecified atom stereocenters. The maximum atomic E-state index is 14.4. The first-order chi connectivity index (χ1) is 17.9. The van der Waals surface area contributed by atoms with E-state index < -0.39 is 17.2 Å². The minimum atomic E-state index is -1.94. The van der Waals surface area contributed by atoms with Crippen LogP contribution in [-0.4, -0.2) is 10.0 Å². The molecule has 2 heterocycles. The van der Waals surface area contributed by atoms with Crippen LogP contribution in [0.5, 0.6) is 0 Å². The smallest absolute Gasteiger partial charge is 0.173 e. The molecule has 5 aromatic rings. The van der Waals surface area contributed by atoms with E-state index in [4.69, 9.17) is 8.83 Å². The SMILES string of the molecule is OC(c1cccc(F)c1)(c1cccc(F)c1)c1ccc(CN(Cc2ccco2)Cc2ccccc2F)o1. The van der Waals surface area contributed by atoms with Crippen LogP contribution < -0.4 is 0 Å². The van der Waals surface area contributed by atoms with Crippen molar-refractivity contribution in [1.82, 2.24) is 4.90 Å². The summed E-state index contributed by atoms with van der Waals surface area (Å²) in [6.45, 7) is 0.925. The summed E-state index contributed by atoms with van der Waals surface area (Å²) in [7, 11) is 0. The third-order valence-electron chi connectivity index (χ3n) is 6.19. The third-order valence-corrected chi connectivity index (χ3v) is 6.19. The largest absolute Gasteiger partial charge is 0.468 e. The third kappa shape index (κ3) is 5.38. The summed E-state index contributed by atoms with van der Waals surface area (Å²) in [5.41, 5.74) is -1.05. The molecular weight excluding hydrogens is 479 g/mol. The van der Waals surface area contributed by atoms with Gasteiger partial charge in [0.25, 0.3) is 0 Å². The van der Waals surface area contributed by atoms with Gasteiger partial charge in [0.15, 0.2) is 5.60 Å². The van der Waals surface area contributed by atoms with E-state index in [0.29, 0.717) is 23.6 Å². The van der Waals surface area contributed by atoms with Gasteiger partial charge in [-0.2, -0.15) is 0 Å². The molecule has 188 valence electrons. The first-order valence-corrected chi connectivity index (χ1v) is 11.7. The van der Waals surface area contributed by atoms with Crippen LogP contribution in [0.3, 0.4) is 0 Å². The summed E-state index contributed by atoms with van der Waals surface area (Å²) in [5.74, 6) is -0.147. The van der Waals surface area contributed by atoms with E-state index in [-0.39, 0.29) is 35.8 Å². The van der Waals surface area contributed by atoms with Crippen molar-refractivity contribution >= 4 is 0 Å². The lowest BCUT2D eigenvalue weighted by Gasteiger charge is -2.27. The Morgan fingerprint density at radius 1 is 0.676 bits per heavy atom. The molecule has 7 heteroatoms. The number of hydrogen-bond donors (Lipinski definition) is 1. The number of furan rings is 2. The van der Waals surface area contributed by atoms with Gasteiger partial charge in [0.2, 0.25) is 0 Å². The molecule has 3 aromatic carbocycles. The van der Waals surface area contributed by atoms with Gasteiger partial charge in [-0.05, 0) is 65.7 Å². The summed E-state index contributed by atoms with van der Waals surface area (Å²) < 4.78 is 54.3. The van der Waals surface area contributed by atoms with Crippen LogP contribution in [-0.2, 0) is 25.2 Å². The van der Waals surface area contributed by atoms with Crippen molar-refractivity contribution in [2.24, 2.45) is 0 Å². The number of halogens is 3. The molecule has 0 aliphatic heterocycles. The molecule has 0 aliphatic rings. The second-order valence-electron chi connectivity index (χ2n) is 8.81. The lowest BCUT2D eigenvalue weighted by Crippen LogP contribution is -2.28. The number of nitrogens with zero attached hydrogens (tertiary/aromatic N) is 1. The lowest BCUT2D eigenvalue weighted by molar-refractivity contribution is 0.0940. The Balaban J connectivity index is 1.49. The molecule has 4 nitrogen and oxygen atoms in total. The van der Waals surface area contributed by atoms with E-state index >= 15 is 0 Å². The van der Waals surface area contributed by atoms with Gasteiger partial charge >= 0.3 is 0 Å². The zero-order chi connectivity index (χ0) is 25.8. The Labute approximate surface area is 212 Å². The average molecular weight is 504 g/mol. The molecule has 2 aromatic heterocycles. The summed E-state index contributed by atoms with van der Waals surface area (Å²) in [6, 6.07) is 24.4. The Morgan fingerprint density at radius 2 is 1.35 bits per heavy atom. The zero-order valence-corrected chi connectivity index (χ0v) is 19.8. The number of hydrogen-bond acceptors (Lipinski definition) is 4. The van der Waals surface area contributed by atoms with Crippen molar-refractivity contribution in [3.63, 3.8) is 0 Å². The highest BCUT2D eigenvalue weighted by Gasteiger charge is 2.38. The first-order valence-electron chi connectivity index (χ1n) is 11.7. The Hall–Kier alpha value is -4.07. The van der Waals surface area contributed by atoms with E-state index in [1.165, 1.54) is 42.5 Å². The van der Waals surface area contributed by atoms with Crippen LogP contribution in [0.25, 0.3) is 0 Å². The van der Waals surface area contributed by atoms with Gasteiger partial charge in [-0.25, -0.2) is 13.2 Å². The molecule has 0 spiro atoms. The predicted octanol–water partition coefficient (Wildman–Crippen LogP) is 6.78. The van der Waals surface area contributed by atoms with Crippen molar-refractivity contribution in [1.29, 1.82) is 0 Å². The molecule has 0 fully saturated rings. The molecule has 0 saturated carbocycles. The highest BCUT2D eigenvalue weighted by Crippen LogP contribution is 2.38. The van der Waals surface area contributed by atoms with Crippen molar-refractivity contribution in [2.75, 3.05) is 0 Å². The lowest BCUT2D eigenvalue weighted by atomic mass is 9.84. The van der Waals surface area contributed by atoms with E-state index in [1.807, 2.05) is 11.0 Å². The standard InChI is InChI=1S/C30H24F3NO3/c31-24-9-3-7-22(16-24)30(35,23-8-4-10-25(32)17-23)29-14-13-27(37-29)20-34(19-26-11-5-15-36-26)18-21-6-1-2-12-28(21)33/h1-17,35H,18-20H2. The Kier molecular flexibility index (Phi) is 6.99. The normalized spacial score (nSPS) is 11.8. The molecule has 37 heavy (non-hydrogen) atoms. The molecule has 0 radical (unpaired) electrons. The van der Waals surface area contributed by atoms with E-state index in [0.717, 1.165) is 0 Å². The van der Waals surface area contributed by atoms with Gasteiger partial charge in [0.1, 0.15) is 34.7 Å². The van der Waals surface area contributed by atoms with Crippen molar-refractivity contribution in [3.8, 4) is 0 Å². The molecule has 5 rings (SSSR count). The molecule has 1 N–H and O–H groups in total. The average Bonchev–Trinajstić information content (AvgIpc) is 3.57. The van der Waals surface area contributed by atoms with Gasteiger partial charge in [-0.1, -0.05) is 42.5 Å². The van der Waals surface area contributed by atoms with E-state index in [2.05, 4.69) is 0 Å². The summed E-state index contributed by atoms with van der Waals surface area (Å²) in [6.07, 6.45) is 1.57. The topological polar surface area (TPSA) is 49.8 Å². The van der Waals surface area contributed by atoms with Crippen molar-refractivity contribution in [2.45, 2.75) is 25.2 Å². The Bertz CT molecular complexity index is 1430. The van der Waals surface area contributed by atoms with Crippen LogP contribution in [0.4, 0.5) is 13.2 Å². The maximum absolute atomic E-state index is 14.4. The van der Waals surface area contributed by atoms with E-state index in [1.54, 1.807) is 54.8 Å². The van der Waals surface area contributed by atoms with Gasteiger partial charge in [-0.3, -0.25) is 4.90 Å². The van der Waals surface area contributed by atoms with Crippen LogP contribution >= 0.6 is 0 Å². The fourth-order valence-corrected chi connectivity index (χ4v) is 4.41. The van der Waals surface area contributed by atoms with Crippen LogP contribution in [0.15, 0.2) is 112 Å². The summed E-state index contributed by atoms with van der Waals surface area (Å²) in [5, 5.41) is 11.9. The van der Waals surface area contributed by atoms with Crippen LogP contribution in [0.2, 0.25) is 0 Å². The second kappa shape index (κ2) is 10.5. The van der Waals surface area contributed by atoms with Crippen LogP contribution in [0.1, 0.15) is 34.0 Å². The monoisotopic (exact) mass is 503 g/mol. The van der Waals surface area contributed by atoms with Gasteiger partial charge in [0, 0.05) is 12.1 Å². The number of benzene rings is 3. The highest BCUT2D eigenvalue weighted by molar-refractivity contribution is 5.44. The number of aliphatic hydroxyl groups is 1. The molecule has 0 bridgehead atoms. The molecule has 0 amide bonds. The van der Waals surface area contributed by atoms with E-state index in [9.17, 15) is 18.3 Å². The quantitative estimate of drug-likeness (QED) is 0.241. The molecule has 0 saturated heterocycles. The minimum Gasteiger partial charge on any atom is -0.468 e. The van der Waals surface area contributed by atoms with Crippen molar-refractivity contribution < 1.29 is 27.1 Å². The maximum Gasteiger partial charge on any atom is 0.173 e. The summed E-state index contributed by atoms with van der Waals surface area (Å²) in [4.78, 5) is 1.93. The second-order valence-corrected chi connectivity index (χ2v) is 8.81. The predicted molar refractivity (Wildman–Crippen MR) is 132 cm³/mol. The molecular formula is C30H24F3NO3. The highest BCUT2D eigenvalue weighted by atomic mass is 19.1. The van der Waals surface area contributed by atoms with Crippen molar-refractivity contribution in [3.05, 3.63) is 155 Å². The molecule has 0 atom stereocenters. The zero-order valence-electron chi connectivity index (χ0n) is 19.8. The van der Waals surface area contributed by atoms with Crippen LogP contribution in [0, 0.1) is 17.5 Å².